The Kier molecular flexibility index (Phi) is 13.5. The van der Waals surface area contributed by atoms with Crippen LogP contribution in [0, 0.1) is 0 Å². The summed E-state index contributed by atoms with van der Waals surface area (Å²) in [6.07, 6.45) is 0. The van der Waals surface area contributed by atoms with E-state index in [1.54, 1.807) is 0 Å². The van der Waals surface area contributed by atoms with Gasteiger partial charge in [0.05, 0.1) is 0 Å². The Morgan fingerprint density at radius 1 is 1.14 bits per heavy atom. The van der Waals surface area contributed by atoms with Gasteiger partial charge in [0.1, 0.15) is 0 Å². The van der Waals surface area contributed by atoms with Crippen molar-refractivity contribution in [2.45, 2.75) is 0 Å². The Hall–Kier alpha value is 1.82. The van der Waals surface area contributed by atoms with Gasteiger partial charge in [0.25, 0.3) is 0 Å². The van der Waals surface area contributed by atoms with Crippen molar-refractivity contribution in [1.29, 1.82) is 0 Å². The average molecular weight is 162 g/mol. The van der Waals surface area contributed by atoms with Gasteiger partial charge >= 0.3 is 55.1 Å². The second-order valence-electron chi connectivity index (χ2n) is 0.481. The van der Waals surface area contributed by atoms with Crippen molar-refractivity contribution in [1.82, 2.24) is 0 Å². The summed E-state index contributed by atoms with van der Waals surface area (Å²) in [4.78, 5) is 25.4. The largest absolute Gasteiger partial charge is 3.00 e. The molecule has 7 heavy (non-hydrogen) atoms. The molecule has 3 nitrogen and oxygen atoms in total. The van der Waals surface area contributed by atoms with E-state index in [0.29, 0.717) is 0 Å². The molecule has 0 aromatic carbocycles. The van der Waals surface area contributed by atoms with Crippen LogP contribution in [0.5, 0.6) is 0 Å². The van der Waals surface area contributed by atoms with Crippen molar-refractivity contribution in [3.05, 3.63) is 0 Å². The van der Waals surface area contributed by atoms with E-state index in [-0.39, 0.29) is 55.1 Å². The molecule has 7 heteroatoms. The minimum Gasteiger partial charge on any atom is -0.857 e. The molecule has 0 heterocycles. The second-order valence-corrected chi connectivity index (χ2v) is 1.44. The quantitative estimate of drug-likeness (QED) is 0.267. The van der Waals surface area contributed by atoms with Crippen LogP contribution in [0.25, 0.3) is 0 Å². The Balaban J connectivity index is -0.0000000800. The normalized spacial score (nSPS) is 8.57. The maximum absolute atomic E-state index is 10.2. The fourth-order valence-corrected chi connectivity index (χ4v) is 0. The molecule has 0 aromatic heterocycles. The summed E-state index contributed by atoms with van der Waals surface area (Å²) >= 11 is 0. The van der Waals surface area contributed by atoms with Gasteiger partial charge in [0.2, 0.25) is 0 Å². The van der Waals surface area contributed by atoms with Crippen LogP contribution < -0.4 is 14.4 Å². The van der Waals surface area contributed by atoms with Crippen LogP contribution in [0.15, 0.2) is 0 Å². The molecule has 0 aliphatic carbocycles. The molecule has 0 aromatic rings. The summed E-state index contributed by atoms with van der Waals surface area (Å²) in [5, 5.41) is 0. The summed E-state index contributed by atoms with van der Waals surface area (Å²) in [6.45, 7) is 0. The molecular formula is AlCaFO3Si+2. The smallest absolute Gasteiger partial charge is 0.857 e. The SMILES string of the molecule is [Al+3].[Ca+2].[O-][Si]([O-])([O-])F. The predicted octanol–water partition coefficient (Wildman–Crippen LogP) is -4.29. The van der Waals surface area contributed by atoms with Crippen LogP contribution >= 0.6 is 0 Å². The third kappa shape index (κ3) is 80.0. The number of rotatable bonds is 0. The van der Waals surface area contributed by atoms with Gasteiger partial charge in [-0.05, 0) is 0 Å². The van der Waals surface area contributed by atoms with Gasteiger partial charge in [0, 0.05) is 0 Å². The zero-order valence-electron chi connectivity index (χ0n) is 3.39. The Morgan fingerprint density at radius 2 is 1.14 bits per heavy atom. The van der Waals surface area contributed by atoms with Gasteiger partial charge in [-0.2, -0.15) is 0 Å². The van der Waals surface area contributed by atoms with Crippen molar-refractivity contribution in [3.8, 4) is 0 Å². The topological polar surface area (TPSA) is 69.2 Å². The molecule has 0 N–H and O–H groups in total. The average Bonchev–Trinajstić information content (AvgIpc) is 0.722. The summed E-state index contributed by atoms with van der Waals surface area (Å²) in [5.74, 6) is 0. The minimum absolute atomic E-state index is 0. The van der Waals surface area contributed by atoms with Crippen LogP contribution in [-0.4, -0.2) is 64.2 Å². The third-order valence-corrected chi connectivity index (χ3v) is 0. The molecule has 0 atom stereocenters. The van der Waals surface area contributed by atoms with Crippen LogP contribution in [0.1, 0.15) is 0 Å². The maximum Gasteiger partial charge on any atom is 3.00 e. The van der Waals surface area contributed by atoms with Gasteiger partial charge in [-0.3, -0.25) is 0 Å². The molecule has 0 aliphatic heterocycles. The second kappa shape index (κ2) is 5.95. The van der Waals surface area contributed by atoms with Crippen LogP contribution in [0.3, 0.4) is 0 Å². The molecular weight excluding hydrogens is 162 g/mol. The number of hydrogen-bond acceptors (Lipinski definition) is 3. The Labute approximate surface area is 81.8 Å². The van der Waals surface area contributed by atoms with E-state index in [1.807, 2.05) is 0 Å². The number of hydrogen-bond donors (Lipinski definition) is 0. The Bertz CT molecular complexity index is 30.4. The standard InChI is InChI=1S/Al.Ca.FO3Si/c;;1-5(2,3)4/q+3;+2;-3. The van der Waals surface area contributed by atoms with E-state index in [9.17, 15) is 4.11 Å². The summed E-state index contributed by atoms with van der Waals surface area (Å²) in [7, 11) is -5.86. The summed E-state index contributed by atoms with van der Waals surface area (Å²) < 4.78 is 10.2. The van der Waals surface area contributed by atoms with E-state index in [2.05, 4.69) is 0 Å². The monoisotopic (exact) mass is 162 g/mol. The van der Waals surface area contributed by atoms with E-state index in [0.717, 1.165) is 0 Å². The molecule has 0 saturated carbocycles. The van der Waals surface area contributed by atoms with Gasteiger partial charge in [-0.1, -0.05) is 9.14 Å². The zero-order valence-corrected chi connectivity index (χ0v) is 7.75. The minimum atomic E-state index is -5.86. The third-order valence-electron chi connectivity index (χ3n) is 0. The summed E-state index contributed by atoms with van der Waals surface area (Å²) in [6, 6.07) is 0. The van der Waals surface area contributed by atoms with Crippen molar-refractivity contribution < 1.29 is 18.5 Å². The van der Waals surface area contributed by atoms with Gasteiger partial charge in [0.15, 0.2) is 0 Å². The molecule has 0 radical (unpaired) electrons. The molecule has 0 unspecified atom stereocenters. The first-order valence-electron chi connectivity index (χ1n) is 0.801. The van der Waals surface area contributed by atoms with Gasteiger partial charge in [-0.15, -0.1) is 0 Å². The van der Waals surface area contributed by atoms with E-state index >= 15 is 0 Å². The first-order valence-corrected chi connectivity index (χ1v) is 2.40. The molecule has 0 fully saturated rings. The molecule has 0 spiro atoms. The molecule has 0 saturated heterocycles. The van der Waals surface area contributed by atoms with Gasteiger partial charge < -0.3 is 18.5 Å². The molecule has 0 rings (SSSR count). The molecule has 0 bridgehead atoms. The predicted molar refractivity (Wildman–Crippen MR) is 18.4 cm³/mol. The van der Waals surface area contributed by atoms with Crippen molar-refractivity contribution in [2.75, 3.05) is 0 Å². The van der Waals surface area contributed by atoms with Crippen molar-refractivity contribution in [3.63, 3.8) is 0 Å². The van der Waals surface area contributed by atoms with Crippen molar-refractivity contribution in [2.24, 2.45) is 0 Å². The number of halogens is 1. The molecule has 32 valence electrons. The fraction of sp³-hybridized carbons (Fsp3) is 0. The summed E-state index contributed by atoms with van der Waals surface area (Å²) in [5.41, 5.74) is 0. The first-order chi connectivity index (χ1) is 2.00. The fourth-order valence-electron chi connectivity index (χ4n) is 0. The van der Waals surface area contributed by atoms with Crippen LogP contribution in [-0.2, 0) is 0 Å². The molecule has 0 amide bonds. The van der Waals surface area contributed by atoms with Gasteiger partial charge in [-0.25, -0.2) is 0 Å². The van der Waals surface area contributed by atoms with E-state index in [1.165, 1.54) is 0 Å². The zero-order chi connectivity index (χ0) is 4.50. The van der Waals surface area contributed by atoms with E-state index < -0.39 is 9.14 Å². The molecule has 0 aliphatic rings. The Morgan fingerprint density at radius 3 is 1.14 bits per heavy atom. The van der Waals surface area contributed by atoms with E-state index in [4.69, 9.17) is 14.4 Å². The van der Waals surface area contributed by atoms with Crippen LogP contribution in [0.2, 0.25) is 0 Å². The maximum atomic E-state index is 10.2. The van der Waals surface area contributed by atoms with Crippen molar-refractivity contribution >= 4 is 64.2 Å². The first kappa shape index (κ1) is 15.9. The van der Waals surface area contributed by atoms with Crippen LogP contribution in [0.4, 0.5) is 4.11 Å².